The van der Waals surface area contributed by atoms with Crippen molar-refractivity contribution in [3.05, 3.63) is 29.8 Å². The first-order valence-corrected chi connectivity index (χ1v) is 6.26. The highest BCUT2D eigenvalue weighted by molar-refractivity contribution is 5.85. The molecule has 118 valence electrons. The maximum absolute atomic E-state index is 9.82. The van der Waals surface area contributed by atoms with Crippen LogP contribution in [-0.4, -0.2) is 29.9 Å². The van der Waals surface area contributed by atoms with Gasteiger partial charge >= 0.3 is 0 Å². The summed E-state index contributed by atoms with van der Waals surface area (Å²) in [6, 6.07) is 7.61. The van der Waals surface area contributed by atoms with Crippen LogP contribution in [0.2, 0.25) is 0 Å². The van der Waals surface area contributed by atoms with E-state index in [1.165, 1.54) is 0 Å². The molecular formula is C14H26Cl2N2O2. The molecule has 1 aromatic carbocycles. The SMILES string of the molecule is CC(C)(C)NCC(O)COc1ccccc1CN.Cl.Cl. The average Bonchev–Trinajstić information content (AvgIpc) is 2.33. The molecule has 1 rings (SSSR count). The Morgan fingerprint density at radius 3 is 2.40 bits per heavy atom. The monoisotopic (exact) mass is 324 g/mol. The van der Waals surface area contributed by atoms with E-state index in [-0.39, 0.29) is 37.0 Å². The molecule has 0 saturated heterocycles. The van der Waals surface area contributed by atoms with Crippen LogP contribution in [-0.2, 0) is 6.54 Å². The first kappa shape index (κ1) is 21.8. The number of aliphatic hydroxyl groups excluding tert-OH is 1. The Morgan fingerprint density at radius 1 is 1.25 bits per heavy atom. The van der Waals surface area contributed by atoms with E-state index >= 15 is 0 Å². The minimum atomic E-state index is -0.532. The Balaban J connectivity index is 0. The predicted octanol–water partition coefficient (Wildman–Crippen LogP) is 2.12. The zero-order chi connectivity index (χ0) is 13.6. The third kappa shape index (κ3) is 8.61. The standard InChI is InChI=1S/C14H24N2O2.2ClH/c1-14(2,3)16-9-12(17)10-18-13-7-5-4-6-11(13)8-15;;/h4-7,12,16-17H,8-10,15H2,1-3H3;2*1H. The molecule has 0 aliphatic heterocycles. The van der Waals surface area contributed by atoms with Gasteiger partial charge in [-0.2, -0.15) is 0 Å². The van der Waals surface area contributed by atoms with E-state index in [4.69, 9.17) is 10.5 Å². The van der Waals surface area contributed by atoms with Crippen LogP contribution >= 0.6 is 24.8 Å². The van der Waals surface area contributed by atoms with Gasteiger partial charge in [0.05, 0.1) is 0 Å². The van der Waals surface area contributed by atoms with Crippen LogP contribution in [0.3, 0.4) is 0 Å². The van der Waals surface area contributed by atoms with Crippen molar-refractivity contribution in [1.82, 2.24) is 5.32 Å². The molecule has 0 bridgehead atoms. The average molecular weight is 325 g/mol. The zero-order valence-corrected chi connectivity index (χ0v) is 13.9. The van der Waals surface area contributed by atoms with Gasteiger partial charge in [-0.1, -0.05) is 18.2 Å². The second kappa shape index (κ2) is 10.2. The van der Waals surface area contributed by atoms with Gasteiger partial charge in [0.15, 0.2) is 0 Å². The van der Waals surface area contributed by atoms with E-state index in [2.05, 4.69) is 26.1 Å². The molecule has 1 atom stereocenters. The summed E-state index contributed by atoms with van der Waals surface area (Å²) >= 11 is 0. The highest BCUT2D eigenvalue weighted by Gasteiger charge is 2.13. The van der Waals surface area contributed by atoms with Crippen LogP contribution in [0, 0.1) is 0 Å². The number of ether oxygens (including phenoxy) is 1. The summed E-state index contributed by atoms with van der Waals surface area (Å²) in [6.45, 7) is 7.39. The molecule has 0 heterocycles. The van der Waals surface area contributed by atoms with E-state index in [0.717, 1.165) is 11.3 Å². The van der Waals surface area contributed by atoms with Crippen molar-refractivity contribution >= 4 is 24.8 Å². The highest BCUT2D eigenvalue weighted by atomic mass is 35.5. The molecule has 0 radical (unpaired) electrons. The molecule has 0 saturated carbocycles. The molecule has 1 unspecified atom stereocenters. The lowest BCUT2D eigenvalue weighted by atomic mass is 10.1. The number of para-hydroxylation sites is 1. The fourth-order valence-electron chi connectivity index (χ4n) is 1.48. The molecule has 20 heavy (non-hydrogen) atoms. The van der Waals surface area contributed by atoms with Gasteiger partial charge in [-0.25, -0.2) is 0 Å². The summed E-state index contributed by atoms with van der Waals surface area (Å²) in [4.78, 5) is 0. The summed E-state index contributed by atoms with van der Waals surface area (Å²) in [5.41, 5.74) is 6.57. The second-order valence-electron chi connectivity index (χ2n) is 5.41. The number of β-amino-alcohol motifs (C(OH)–C–C–N with tert-alkyl or cyclic N) is 1. The van der Waals surface area contributed by atoms with Crippen LogP contribution < -0.4 is 15.8 Å². The van der Waals surface area contributed by atoms with Crippen LogP contribution in [0.4, 0.5) is 0 Å². The quantitative estimate of drug-likeness (QED) is 0.749. The Kier molecular flexibility index (Phi) is 11.1. The Morgan fingerprint density at radius 2 is 1.85 bits per heavy atom. The number of nitrogens with two attached hydrogens (primary N) is 1. The van der Waals surface area contributed by atoms with Crippen molar-refractivity contribution in [2.75, 3.05) is 13.2 Å². The zero-order valence-electron chi connectivity index (χ0n) is 12.3. The largest absolute Gasteiger partial charge is 0.491 e. The first-order valence-electron chi connectivity index (χ1n) is 6.26. The smallest absolute Gasteiger partial charge is 0.123 e. The Hall–Kier alpha value is -0.520. The van der Waals surface area contributed by atoms with Gasteiger partial charge in [0, 0.05) is 24.2 Å². The molecule has 1 aromatic rings. The number of rotatable bonds is 6. The molecular weight excluding hydrogens is 299 g/mol. The third-order valence-corrected chi connectivity index (χ3v) is 2.49. The number of hydrogen-bond donors (Lipinski definition) is 3. The maximum atomic E-state index is 9.82. The fraction of sp³-hybridized carbons (Fsp3) is 0.571. The third-order valence-electron chi connectivity index (χ3n) is 2.49. The molecule has 0 aliphatic carbocycles. The van der Waals surface area contributed by atoms with Crippen molar-refractivity contribution in [3.8, 4) is 5.75 Å². The van der Waals surface area contributed by atoms with Gasteiger partial charge in [-0.3, -0.25) is 0 Å². The van der Waals surface area contributed by atoms with Crippen molar-refractivity contribution in [1.29, 1.82) is 0 Å². The highest BCUT2D eigenvalue weighted by Crippen LogP contribution is 2.17. The number of aliphatic hydroxyl groups is 1. The lowest BCUT2D eigenvalue weighted by Gasteiger charge is -2.23. The lowest BCUT2D eigenvalue weighted by molar-refractivity contribution is 0.0996. The Bertz CT molecular complexity index is 370. The molecule has 4 nitrogen and oxygen atoms in total. The number of halogens is 2. The van der Waals surface area contributed by atoms with E-state index < -0.39 is 6.10 Å². The van der Waals surface area contributed by atoms with Gasteiger partial charge < -0.3 is 20.9 Å². The summed E-state index contributed by atoms with van der Waals surface area (Å²) < 4.78 is 5.59. The number of benzene rings is 1. The molecule has 0 aliphatic rings. The van der Waals surface area contributed by atoms with Crippen molar-refractivity contribution in [3.63, 3.8) is 0 Å². The number of hydrogen-bond acceptors (Lipinski definition) is 4. The van der Waals surface area contributed by atoms with Crippen LogP contribution in [0.1, 0.15) is 26.3 Å². The van der Waals surface area contributed by atoms with Gasteiger partial charge in [0.25, 0.3) is 0 Å². The van der Waals surface area contributed by atoms with E-state index in [0.29, 0.717) is 13.1 Å². The molecule has 0 aromatic heterocycles. The summed E-state index contributed by atoms with van der Waals surface area (Å²) in [5.74, 6) is 0.745. The topological polar surface area (TPSA) is 67.5 Å². The molecule has 0 fully saturated rings. The van der Waals surface area contributed by atoms with E-state index in [9.17, 15) is 5.11 Å². The Labute approximate surface area is 133 Å². The van der Waals surface area contributed by atoms with Gasteiger partial charge in [-0.15, -0.1) is 24.8 Å². The lowest BCUT2D eigenvalue weighted by Crippen LogP contribution is -2.42. The van der Waals surface area contributed by atoms with Crippen LogP contribution in [0.25, 0.3) is 0 Å². The molecule has 0 spiro atoms. The van der Waals surface area contributed by atoms with Crippen molar-refractivity contribution < 1.29 is 9.84 Å². The minimum Gasteiger partial charge on any atom is -0.491 e. The van der Waals surface area contributed by atoms with Crippen molar-refractivity contribution in [2.45, 2.75) is 39.0 Å². The molecule has 4 N–H and O–H groups in total. The molecule has 6 heteroatoms. The van der Waals surface area contributed by atoms with E-state index in [1.807, 2.05) is 24.3 Å². The van der Waals surface area contributed by atoms with Gasteiger partial charge in [0.2, 0.25) is 0 Å². The van der Waals surface area contributed by atoms with Gasteiger partial charge in [-0.05, 0) is 26.8 Å². The first-order chi connectivity index (χ1) is 8.42. The van der Waals surface area contributed by atoms with Gasteiger partial charge in [0.1, 0.15) is 18.5 Å². The van der Waals surface area contributed by atoms with E-state index in [1.54, 1.807) is 0 Å². The fourth-order valence-corrected chi connectivity index (χ4v) is 1.48. The predicted molar refractivity (Wildman–Crippen MR) is 88.1 cm³/mol. The second-order valence-corrected chi connectivity index (χ2v) is 5.41. The minimum absolute atomic E-state index is 0. The van der Waals surface area contributed by atoms with Crippen molar-refractivity contribution in [2.24, 2.45) is 5.73 Å². The maximum Gasteiger partial charge on any atom is 0.123 e. The van der Waals surface area contributed by atoms with Crippen LogP contribution in [0.15, 0.2) is 24.3 Å². The summed E-state index contributed by atoms with van der Waals surface area (Å²) in [7, 11) is 0. The number of nitrogens with one attached hydrogen (secondary N) is 1. The normalized spacial score (nSPS) is 12.1. The molecule has 0 amide bonds. The summed E-state index contributed by atoms with van der Waals surface area (Å²) in [5, 5.41) is 13.1. The summed E-state index contributed by atoms with van der Waals surface area (Å²) in [6.07, 6.45) is -0.532. The van der Waals surface area contributed by atoms with Crippen LogP contribution in [0.5, 0.6) is 5.75 Å².